The summed E-state index contributed by atoms with van der Waals surface area (Å²) < 4.78 is 26.5. The number of nitrogens with one attached hydrogen (secondary N) is 3. The summed E-state index contributed by atoms with van der Waals surface area (Å²) >= 11 is 0. The molecule has 3 rings (SSSR count). The molecule has 0 aliphatic carbocycles. The number of nitrogens with zero attached hydrogens (tertiary/aromatic N) is 1. The molecule has 3 N–H and O–H groups in total. The summed E-state index contributed by atoms with van der Waals surface area (Å²) in [6, 6.07) is 5.96. The quantitative estimate of drug-likeness (QED) is 0.691. The van der Waals surface area contributed by atoms with Crippen LogP contribution in [0.25, 0.3) is 0 Å². The molecule has 2 heterocycles. The Morgan fingerprint density at radius 1 is 1.40 bits per heavy atom. The van der Waals surface area contributed by atoms with Gasteiger partial charge in [0.1, 0.15) is 11.9 Å². The highest BCUT2D eigenvalue weighted by Gasteiger charge is 2.31. The topological polar surface area (TPSA) is 99.7 Å². The summed E-state index contributed by atoms with van der Waals surface area (Å²) in [6.07, 6.45) is 2.09. The number of rotatable bonds is 5. The fourth-order valence-corrected chi connectivity index (χ4v) is 4.23. The van der Waals surface area contributed by atoms with E-state index in [1.807, 2.05) is 0 Å². The summed E-state index contributed by atoms with van der Waals surface area (Å²) in [7, 11) is -3.57. The first-order valence-electron chi connectivity index (χ1n) is 8.16. The van der Waals surface area contributed by atoms with Crippen molar-refractivity contribution in [3.63, 3.8) is 0 Å². The maximum Gasteiger partial charge on any atom is 0.263 e. The lowest BCUT2D eigenvalue weighted by atomic mass is 10.1. The van der Waals surface area contributed by atoms with Crippen LogP contribution in [0.5, 0.6) is 0 Å². The maximum absolute atomic E-state index is 12.2. The van der Waals surface area contributed by atoms with Crippen LogP contribution in [0, 0.1) is 5.92 Å². The van der Waals surface area contributed by atoms with Gasteiger partial charge in [-0.2, -0.15) is 0 Å². The minimum atomic E-state index is -3.57. The van der Waals surface area contributed by atoms with E-state index in [4.69, 9.17) is 0 Å². The fourth-order valence-electron chi connectivity index (χ4n) is 2.99. The minimum Gasteiger partial charge on any atom is -0.354 e. The predicted octanol–water partition coefficient (Wildman–Crippen LogP) is 0.651. The predicted molar refractivity (Wildman–Crippen MR) is 98.6 cm³/mol. The average Bonchev–Trinajstić information content (AvgIpc) is 3.15. The number of hydrogen-bond donors (Lipinski definition) is 3. The van der Waals surface area contributed by atoms with Crippen molar-refractivity contribution in [2.45, 2.75) is 30.7 Å². The van der Waals surface area contributed by atoms with Crippen LogP contribution in [-0.4, -0.2) is 45.8 Å². The number of carbonyl (C=O) groups is 1. The number of carbonyl (C=O) groups excluding carboxylic acids is 1. The summed E-state index contributed by atoms with van der Waals surface area (Å²) in [5.41, 5.74) is 0.509. The van der Waals surface area contributed by atoms with Gasteiger partial charge in [-0.3, -0.25) is 14.5 Å². The van der Waals surface area contributed by atoms with E-state index in [-0.39, 0.29) is 29.0 Å². The zero-order valence-electron chi connectivity index (χ0n) is 14.0. The Hall–Kier alpha value is -1.64. The Morgan fingerprint density at radius 3 is 2.88 bits per heavy atom. The molecule has 138 valence electrons. The molecule has 1 amide bonds. The standard InChI is InChI=1S/C16H22N4O3S.ClH/c1-11(16(21)18-9-7-12-6-8-17-10-12)19-15-13-4-2-3-5-14(13)24(22,23)20-15;/h2-5,11-12,17H,6-10H2,1H3,(H,18,21)(H,19,20);1H. The number of halogens is 1. The van der Waals surface area contributed by atoms with Gasteiger partial charge in [0.15, 0.2) is 0 Å². The number of amides is 1. The van der Waals surface area contributed by atoms with Crippen molar-refractivity contribution >= 4 is 34.2 Å². The molecule has 0 saturated carbocycles. The molecule has 2 aliphatic heterocycles. The largest absolute Gasteiger partial charge is 0.354 e. The number of sulfonamides is 1. The second-order valence-electron chi connectivity index (χ2n) is 6.19. The van der Waals surface area contributed by atoms with Gasteiger partial charge in [0.2, 0.25) is 5.91 Å². The SMILES string of the molecule is CC(N=C1NS(=O)(=O)c2ccccc21)C(=O)NCCC1CCNC1.Cl. The molecule has 0 aromatic heterocycles. The molecular formula is C16H23ClN4O3S. The molecule has 25 heavy (non-hydrogen) atoms. The van der Waals surface area contributed by atoms with Crippen LogP contribution < -0.4 is 15.4 Å². The van der Waals surface area contributed by atoms with Crippen molar-refractivity contribution < 1.29 is 13.2 Å². The van der Waals surface area contributed by atoms with E-state index in [1.54, 1.807) is 25.1 Å². The van der Waals surface area contributed by atoms with E-state index in [0.29, 0.717) is 18.0 Å². The second-order valence-corrected chi connectivity index (χ2v) is 7.84. The van der Waals surface area contributed by atoms with Crippen molar-refractivity contribution in [1.29, 1.82) is 0 Å². The van der Waals surface area contributed by atoms with Gasteiger partial charge >= 0.3 is 0 Å². The van der Waals surface area contributed by atoms with E-state index in [2.05, 4.69) is 20.3 Å². The van der Waals surface area contributed by atoms with E-state index in [9.17, 15) is 13.2 Å². The molecule has 1 fully saturated rings. The molecule has 1 saturated heterocycles. The van der Waals surface area contributed by atoms with E-state index in [1.165, 1.54) is 6.07 Å². The average molecular weight is 387 g/mol. The fraction of sp³-hybridized carbons (Fsp3) is 0.500. The van der Waals surface area contributed by atoms with Crippen molar-refractivity contribution in [2.75, 3.05) is 19.6 Å². The Balaban J connectivity index is 0.00000225. The number of hydrogen-bond acceptors (Lipinski definition) is 5. The molecule has 1 aromatic rings. The summed E-state index contributed by atoms with van der Waals surface area (Å²) in [4.78, 5) is 16.6. The van der Waals surface area contributed by atoms with Crippen molar-refractivity contribution in [3.8, 4) is 0 Å². The molecule has 0 spiro atoms. The minimum absolute atomic E-state index is 0. The van der Waals surface area contributed by atoms with Crippen molar-refractivity contribution in [1.82, 2.24) is 15.4 Å². The van der Waals surface area contributed by atoms with Gasteiger partial charge < -0.3 is 10.6 Å². The smallest absolute Gasteiger partial charge is 0.263 e. The molecule has 0 bridgehead atoms. The van der Waals surface area contributed by atoms with Crippen LogP contribution in [0.3, 0.4) is 0 Å². The second kappa shape index (κ2) is 8.16. The normalized spacial score (nSPS) is 23.4. The molecule has 0 radical (unpaired) electrons. The van der Waals surface area contributed by atoms with Gasteiger partial charge in [0.05, 0.1) is 4.90 Å². The van der Waals surface area contributed by atoms with E-state index >= 15 is 0 Å². The number of aliphatic imine (C=N–C) groups is 1. The molecule has 9 heteroatoms. The van der Waals surface area contributed by atoms with Crippen LogP contribution in [0.1, 0.15) is 25.3 Å². The number of benzene rings is 1. The lowest BCUT2D eigenvalue weighted by molar-refractivity contribution is -0.121. The Kier molecular flexibility index (Phi) is 6.42. The molecular weight excluding hydrogens is 364 g/mol. The Morgan fingerprint density at radius 2 is 2.16 bits per heavy atom. The van der Waals surface area contributed by atoms with Crippen molar-refractivity contribution in [2.24, 2.45) is 10.9 Å². The van der Waals surface area contributed by atoms with Crippen LogP contribution in [0.2, 0.25) is 0 Å². The lowest BCUT2D eigenvalue weighted by Gasteiger charge is -2.12. The van der Waals surface area contributed by atoms with E-state index in [0.717, 1.165) is 25.9 Å². The van der Waals surface area contributed by atoms with Gasteiger partial charge in [0.25, 0.3) is 10.0 Å². The van der Waals surface area contributed by atoms with Gasteiger partial charge in [0, 0.05) is 12.1 Å². The zero-order valence-corrected chi connectivity index (χ0v) is 15.6. The molecule has 2 aliphatic rings. The van der Waals surface area contributed by atoms with Crippen LogP contribution in [0.15, 0.2) is 34.2 Å². The molecule has 7 nitrogen and oxygen atoms in total. The Bertz CT molecular complexity index is 760. The number of fused-ring (bicyclic) bond motifs is 1. The molecule has 2 unspecified atom stereocenters. The molecule has 1 aromatic carbocycles. The Labute approximate surface area is 154 Å². The van der Waals surface area contributed by atoms with Gasteiger partial charge in [-0.05, 0) is 50.9 Å². The summed E-state index contributed by atoms with van der Waals surface area (Å²) in [5.74, 6) is 0.644. The van der Waals surface area contributed by atoms with Gasteiger partial charge in [-0.25, -0.2) is 8.42 Å². The summed E-state index contributed by atoms with van der Waals surface area (Å²) in [5, 5.41) is 6.18. The first kappa shape index (κ1) is 19.7. The maximum atomic E-state index is 12.2. The van der Waals surface area contributed by atoms with E-state index < -0.39 is 16.1 Å². The zero-order chi connectivity index (χ0) is 17.2. The van der Waals surface area contributed by atoms with Gasteiger partial charge in [-0.1, -0.05) is 12.1 Å². The number of amidine groups is 1. The highest BCUT2D eigenvalue weighted by atomic mass is 35.5. The summed E-state index contributed by atoms with van der Waals surface area (Å²) in [6.45, 7) is 4.33. The van der Waals surface area contributed by atoms with Crippen LogP contribution >= 0.6 is 12.4 Å². The highest BCUT2D eigenvalue weighted by Crippen LogP contribution is 2.22. The lowest BCUT2D eigenvalue weighted by Crippen LogP contribution is -2.35. The molecule has 2 atom stereocenters. The first-order valence-corrected chi connectivity index (χ1v) is 9.64. The van der Waals surface area contributed by atoms with Gasteiger partial charge in [-0.15, -0.1) is 12.4 Å². The van der Waals surface area contributed by atoms with Crippen molar-refractivity contribution in [3.05, 3.63) is 29.8 Å². The van der Waals surface area contributed by atoms with Crippen LogP contribution in [0.4, 0.5) is 0 Å². The first-order chi connectivity index (χ1) is 11.5. The monoisotopic (exact) mass is 386 g/mol. The third-order valence-electron chi connectivity index (χ3n) is 4.38. The van der Waals surface area contributed by atoms with Crippen LogP contribution in [-0.2, 0) is 14.8 Å². The third-order valence-corrected chi connectivity index (χ3v) is 5.78. The third kappa shape index (κ3) is 4.50. The highest BCUT2D eigenvalue weighted by molar-refractivity contribution is 7.90.